The van der Waals surface area contributed by atoms with Gasteiger partial charge in [-0.3, -0.25) is 13.9 Å². The topological polar surface area (TPSA) is 74.3 Å². The van der Waals surface area contributed by atoms with Crippen LogP contribution in [0.15, 0.2) is 9.32 Å². The third kappa shape index (κ3) is 2.56. The molecule has 2 heterocycles. The van der Waals surface area contributed by atoms with E-state index in [0.717, 1.165) is 11.7 Å². The molecule has 1 aromatic rings. The van der Waals surface area contributed by atoms with Crippen LogP contribution in [0.2, 0.25) is 0 Å². The second-order valence-corrected chi connectivity index (χ2v) is 5.24. The van der Waals surface area contributed by atoms with E-state index in [2.05, 4.69) is 14.4 Å². The number of hydrogen-bond acceptors (Lipinski definition) is 5. The number of carbonyl (C=O) groups is 1. The van der Waals surface area contributed by atoms with Gasteiger partial charge in [0, 0.05) is 5.92 Å². The van der Waals surface area contributed by atoms with E-state index in [-0.39, 0.29) is 12.2 Å². The predicted molar refractivity (Wildman–Crippen MR) is 63.6 cm³/mol. The fraction of sp³-hybridized carbons (Fsp3) is 0.750. The van der Waals surface area contributed by atoms with E-state index < -0.39 is 41.7 Å². The van der Waals surface area contributed by atoms with Crippen molar-refractivity contribution in [2.75, 3.05) is 7.11 Å². The lowest BCUT2D eigenvalue weighted by molar-refractivity contribution is -0.203. The summed E-state index contributed by atoms with van der Waals surface area (Å²) in [6.07, 6.45) is -4.81. The Bertz CT molecular complexity index is 592. The summed E-state index contributed by atoms with van der Waals surface area (Å²) in [5, 5.41) is 3.44. The highest BCUT2D eigenvalue weighted by Crippen LogP contribution is 2.49. The van der Waals surface area contributed by atoms with Gasteiger partial charge in [0.15, 0.2) is 5.82 Å². The van der Waals surface area contributed by atoms with Crippen molar-refractivity contribution in [3.8, 4) is 0 Å². The zero-order valence-corrected chi connectivity index (χ0v) is 11.7. The standard InChI is InChI=1S/C12H15F3N2O4/c1-5-7(4-8(18)20-3)17-10(16-21-11(17)19)6(2)9(5)12(13,14)15/h5-7,9H,4H2,1-3H3. The number of fused-ring (bicyclic) bond motifs is 1. The first kappa shape index (κ1) is 15.6. The molecule has 0 fully saturated rings. The molecule has 0 aromatic carbocycles. The van der Waals surface area contributed by atoms with Crippen LogP contribution in [0.1, 0.15) is 38.1 Å². The van der Waals surface area contributed by atoms with Gasteiger partial charge >= 0.3 is 17.9 Å². The highest BCUT2D eigenvalue weighted by Gasteiger charge is 2.54. The van der Waals surface area contributed by atoms with Crippen molar-refractivity contribution in [1.82, 2.24) is 9.72 Å². The molecule has 0 amide bonds. The molecule has 0 saturated carbocycles. The van der Waals surface area contributed by atoms with Crippen LogP contribution in [0.4, 0.5) is 13.2 Å². The van der Waals surface area contributed by atoms with Gasteiger partial charge in [0.05, 0.1) is 25.5 Å². The number of rotatable bonds is 2. The summed E-state index contributed by atoms with van der Waals surface area (Å²) in [6, 6.07) is -0.992. The molecule has 1 aromatic heterocycles. The number of ether oxygens (including phenoxy) is 1. The molecule has 21 heavy (non-hydrogen) atoms. The lowest BCUT2D eigenvalue weighted by Gasteiger charge is -2.39. The van der Waals surface area contributed by atoms with Crippen LogP contribution in [-0.4, -0.2) is 29.0 Å². The van der Waals surface area contributed by atoms with E-state index in [1.54, 1.807) is 0 Å². The van der Waals surface area contributed by atoms with Gasteiger partial charge in [0.25, 0.3) is 0 Å². The van der Waals surface area contributed by atoms with Crippen LogP contribution in [0.5, 0.6) is 0 Å². The molecule has 9 heteroatoms. The van der Waals surface area contributed by atoms with E-state index >= 15 is 0 Å². The zero-order valence-electron chi connectivity index (χ0n) is 11.7. The van der Waals surface area contributed by atoms with E-state index in [1.807, 2.05) is 0 Å². The van der Waals surface area contributed by atoms with E-state index in [0.29, 0.717) is 0 Å². The number of nitrogens with zero attached hydrogens (tertiary/aromatic N) is 2. The molecule has 0 bridgehead atoms. The van der Waals surface area contributed by atoms with Crippen molar-refractivity contribution in [3.63, 3.8) is 0 Å². The number of carbonyl (C=O) groups excluding carboxylic acids is 1. The smallest absolute Gasteiger partial charge is 0.441 e. The average Bonchev–Trinajstić information content (AvgIpc) is 2.75. The van der Waals surface area contributed by atoms with Crippen molar-refractivity contribution < 1.29 is 27.2 Å². The van der Waals surface area contributed by atoms with Crippen LogP contribution in [-0.2, 0) is 9.53 Å². The predicted octanol–water partition coefficient (Wildman–Crippen LogP) is 1.87. The van der Waals surface area contributed by atoms with E-state index in [1.165, 1.54) is 13.8 Å². The van der Waals surface area contributed by atoms with Crippen molar-refractivity contribution >= 4 is 5.97 Å². The first-order valence-electron chi connectivity index (χ1n) is 6.40. The molecule has 0 radical (unpaired) electrons. The van der Waals surface area contributed by atoms with Gasteiger partial charge < -0.3 is 4.74 Å². The quantitative estimate of drug-likeness (QED) is 0.780. The largest absolute Gasteiger partial charge is 0.469 e. The Kier molecular flexibility index (Phi) is 3.85. The Morgan fingerprint density at radius 1 is 1.43 bits per heavy atom. The maximum atomic E-state index is 13.3. The second-order valence-electron chi connectivity index (χ2n) is 5.24. The van der Waals surface area contributed by atoms with Gasteiger partial charge in [-0.25, -0.2) is 4.79 Å². The van der Waals surface area contributed by atoms with Gasteiger partial charge in [-0.1, -0.05) is 19.0 Å². The van der Waals surface area contributed by atoms with Crippen LogP contribution in [0, 0.1) is 11.8 Å². The molecule has 4 atom stereocenters. The number of esters is 1. The second kappa shape index (κ2) is 5.19. The fourth-order valence-electron chi connectivity index (χ4n) is 3.08. The summed E-state index contributed by atoms with van der Waals surface area (Å²) >= 11 is 0. The van der Waals surface area contributed by atoms with Gasteiger partial charge in [-0.2, -0.15) is 13.2 Å². The Labute approximate surface area is 117 Å². The monoisotopic (exact) mass is 308 g/mol. The van der Waals surface area contributed by atoms with Crippen LogP contribution >= 0.6 is 0 Å². The van der Waals surface area contributed by atoms with Crippen molar-refractivity contribution in [2.24, 2.45) is 11.8 Å². The molecule has 1 aliphatic heterocycles. The molecule has 4 unspecified atom stereocenters. The summed E-state index contributed by atoms with van der Waals surface area (Å²) in [4.78, 5) is 23.1. The van der Waals surface area contributed by atoms with E-state index in [4.69, 9.17) is 0 Å². The Morgan fingerprint density at radius 3 is 2.57 bits per heavy atom. The lowest BCUT2D eigenvalue weighted by atomic mass is 9.74. The van der Waals surface area contributed by atoms with E-state index in [9.17, 15) is 22.8 Å². The third-order valence-electron chi connectivity index (χ3n) is 4.09. The Balaban J connectivity index is 2.52. The minimum absolute atomic E-state index is 0.0886. The molecule has 0 spiro atoms. The fourth-order valence-corrected chi connectivity index (χ4v) is 3.08. The molecule has 6 nitrogen and oxygen atoms in total. The number of methoxy groups -OCH3 is 1. The van der Waals surface area contributed by atoms with Gasteiger partial charge in [-0.15, -0.1) is 0 Å². The summed E-state index contributed by atoms with van der Waals surface area (Å²) in [5.41, 5.74) is 0. The maximum absolute atomic E-state index is 13.3. The minimum atomic E-state index is -4.46. The zero-order chi connectivity index (χ0) is 15.9. The average molecular weight is 308 g/mol. The minimum Gasteiger partial charge on any atom is -0.469 e. The normalized spacial score (nSPS) is 29.0. The highest BCUT2D eigenvalue weighted by molar-refractivity contribution is 5.69. The molecular weight excluding hydrogens is 293 g/mol. The molecule has 0 saturated heterocycles. The maximum Gasteiger partial charge on any atom is 0.441 e. The van der Waals surface area contributed by atoms with Gasteiger partial charge in [-0.05, 0) is 5.92 Å². The summed E-state index contributed by atoms with van der Waals surface area (Å²) in [7, 11) is 1.14. The van der Waals surface area contributed by atoms with Crippen LogP contribution in [0.3, 0.4) is 0 Å². The first-order chi connectivity index (χ1) is 9.68. The number of aromatic nitrogens is 2. The number of alkyl halides is 3. The Morgan fingerprint density at radius 2 is 2.05 bits per heavy atom. The SMILES string of the molecule is COC(=O)CC1C(C)C(C(F)(F)F)C(C)c2noc(=O)n21. The molecular formula is C12H15F3N2O4. The summed E-state index contributed by atoms with van der Waals surface area (Å²) in [6.45, 7) is 2.71. The van der Waals surface area contributed by atoms with Crippen LogP contribution in [0.25, 0.3) is 0 Å². The van der Waals surface area contributed by atoms with Gasteiger partial charge in [0.1, 0.15) is 0 Å². The lowest BCUT2D eigenvalue weighted by Crippen LogP contribution is -2.45. The summed E-state index contributed by atoms with van der Waals surface area (Å²) in [5.74, 6) is -5.37. The molecule has 2 rings (SSSR count). The van der Waals surface area contributed by atoms with Crippen molar-refractivity contribution in [1.29, 1.82) is 0 Å². The molecule has 0 N–H and O–H groups in total. The molecule has 1 aliphatic rings. The Hall–Kier alpha value is -1.80. The third-order valence-corrected chi connectivity index (χ3v) is 4.09. The van der Waals surface area contributed by atoms with Crippen molar-refractivity contribution in [3.05, 3.63) is 16.4 Å². The summed E-state index contributed by atoms with van der Waals surface area (Å²) < 4.78 is 49.8. The van der Waals surface area contributed by atoms with Crippen LogP contribution < -0.4 is 5.76 Å². The van der Waals surface area contributed by atoms with Gasteiger partial charge in [0.2, 0.25) is 0 Å². The molecule has 0 aliphatic carbocycles. The first-order valence-corrected chi connectivity index (χ1v) is 6.40. The van der Waals surface area contributed by atoms with Crippen molar-refractivity contribution in [2.45, 2.75) is 38.4 Å². The molecule has 118 valence electrons. The highest BCUT2D eigenvalue weighted by atomic mass is 19.4. The number of hydrogen-bond donors (Lipinski definition) is 0. The number of halogens is 3.